The molecule has 134 valence electrons. The van der Waals surface area contributed by atoms with E-state index in [-0.39, 0.29) is 0 Å². The molecule has 2 aromatic carbocycles. The number of aromatic nitrogens is 1. The summed E-state index contributed by atoms with van der Waals surface area (Å²) in [6.07, 6.45) is 4.45. The summed E-state index contributed by atoms with van der Waals surface area (Å²) < 4.78 is 27.9. The van der Waals surface area contributed by atoms with Crippen LogP contribution in [0.2, 0.25) is 0 Å². The monoisotopic (exact) mass is 366 g/mol. The van der Waals surface area contributed by atoms with Crippen molar-refractivity contribution in [3.63, 3.8) is 0 Å². The maximum Gasteiger partial charge on any atom is 0.245 e. The Bertz CT molecular complexity index is 989. The van der Waals surface area contributed by atoms with Gasteiger partial charge in [-0.2, -0.15) is 4.31 Å². The second-order valence-corrected chi connectivity index (χ2v) is 8.77. The smallest absolute Gasteiger partial charge is 0.245 e. The van der Waals surface area contributed by atoms with Gasteiger partial charge in [-0.3, -0.25) is 4.98 Å². The predicted octanol–water partition coefficient (Wildman–Crippen LogP) is 3.88. The fourth-order valence-corrected chi connectivity index (χ4v) is 5.36. The molecule has 1 saturated heterocycles. The van der Waals surface area contributed by atoms with E-state index in [1.165, 1.54) is 5.56 Å². The highest BCUT2D eigenvalue weighted by molar-refractivity contribution is 7.89. The molecule has 0 radical (unpaired) electrons. The highest BCUT2D eigenvalue weighted by atomic mass is 32.2. The number of sulfonamides is 1. The molecule has 0 aliphatic carbocycles. The van der Waals surface area contributed by atoms with E-state index in [2.05, 4.69) is 29.2 Å². The molecule has 26 heavy (non-hydrogen) atoms. The maximum absolute atomic E-state index is 13.2. The van der Waals surface area contributed by atoms with Gasteiger partial charge in [-0.25, -0.2) is 8.42 Å². The first-order chi connectivity index (χ1) is 12.6. The van der Waals surface area contributed by atoms with Crippen molar-refractivity contribution < 1.29 is 8.42 Å². The SMILES string of the molecule is O=S(=O)(c1cccc2cccnc12)N1CCC(Cc2ccccc2)CC1. The molecule has 1 aliphatic heterocycles. The summed E-state index contributed by atoms with van der Waals surface area (Å²) >= 11 is 0. The number of piperidine rings is 1. The Morgan fingerprint density at radius 3 is 2.42 bits per heavy atom. The van der Waals surface area contributed by atoms with E-state index >= 15 is 0 Å². The van der Waals surface area contributed by atoms with Gasteiger partial charge in [0.15, 0.2) is 0 Å². The lowest BCUT2D eigenvalue weighted by atomic mass is 9.91. The van der Waals surface area contributed by atoms with E-state index in [9.17, 15) is 8.42 Å². The third-order valence-corrected chi connectivity index (χ3v) is 7.08. The normalized spacial score (nSPS) is 16.8. The van der Waals surface area contributed by atoms with Crippen LogP contribution in [0.1, 0.15) is 18.4 Å². The van der Waals surface area contributed by atoms with Crippen molar-refractivity contribution in [3.05, 3.63) is 72.4 Å². The van der Waals surface area contributed by atoms with E-state index in [4.69, 9.17) is 0 Å². The van der Waals surface area contributed by atoms with Crippen LogP contribution in [-0.4, -0.2) is 30.8 Å². The van der Waals surface area contributed by atoms with E-state index < -0.39 is 10.0 Å². The average Bonchev–Trinajstić information content (AvgIpc) is 2.69. The van der Waals surface area contributed by atoms with Crippen molar-refractivity contribution >= 4 is 20.9 Å². The van der Waals surface area contributed by atoms with E-state index in [1.54, 1.807) is 22.6 Å². The first-order valence-electron chi connectivity index (χ1n) is 9.02. The number of nitrogens with zero attached hydrogens (tertiary/aromatic N) is 2. The molecule has 1 aliphatic rings. The zero-order valence-electron chi connectivity index (χ0n) is 14.6. The van der Waals surface area contributed by atoms with E-state index in [0.717, 1.165) is 24.6 Å². The van der Waals surface area contributed by atoms with Crippen LogP contribution >= 0.6 is 0 Å². The van der Waals surface area contributed by atoms with Crippen molar-refractivity contribution in [2.45, 2.75) is 24.2 Å². The molecule has 0 atom stereocenters. The zero-order valence-corrected chi connectivity index (χ0v) is 15.4. The second kappa shape index (κ2) is 7.17. The van der Waals surface area contributed by atoms with Gasteiger partial charge in [-0.05, 0) is 42.9 Å². The zero-order chi connectivity index (χ0) is 18.0. The highest BCUT2D eigenvalue weighted by Gasteiger charge is 2.30. The largest absolute Gasteiger partial charge is 0.255 e. The summed E-state index contributed by atoms with van der Waals surface area (Å²) in [5, 5.41) is 0.854. The number of para-hydroxylation sites is 1. The van der Waals surface area contributed by atoms with Crippen LogP contribution in [-0.2, 0) is 16.4 Å². The average molecular weight is 366 g/mol. The van der Waals surface area contributed by atoms with Gasteiger partial charge < -0.3 is 0 Å². The molecule has 0 amide bonds. The van der Waals surface area contributed by atoms with Gasteiger partial charge in [0.05, 0.1) is 5.52 Å². The van der Waals surface area contributed by atoms with Crippen LogP contribution in [0.15, 0.2) is 71.8 Å². The fraction of sp³-hybridized carbons (Fsp3) is 0.286. The molecule has 0 N–H and O–H groups in total. The maximum atomic E-state index is 13.2. The van der Waals surface area contributed by atoms with E-state index in [1.807, 2.05) is 24.3 Å². The molecule has 1 aromatic heterocycles. The minimum Gasteiger partial charge on any atom is -0.255 e. The molecular formula is C21H22N2O2S. The van der Waals surface area contributed by atoms with Gasteiger partial charge in [0, 0.05) is 24.7 Å². The Labute approximate surface area is 154 Å². The van der Waals surface area contributed by atoms with E-state index in [0.29, 0.717) is 29.4 Å². The quantitative estimate of drug-likeness (QED) is 0.704. The molecule has 2 heterocycles. The minimum atomic E-state index is -3.51. The van der Waals surface area contributed by atoms with Gasteiger partial charge in [0.1, 0.15) is 4.90 Å². The van der Waals surface area contributed by atoms with Crippen LogP contribution in [0.3, 0.4) is 0 Å². The number of fused-ring (bicyclic) bond motifs is 1. The Balaban J connectivity index is 1.51. The van der Waals surface area contributed by atoms with Crippen molar-refractivity contribution in [1.82, 2.24) is 9.29 Å². The first kappa shape index (κ1) is 17.2. The number of hydrogen-bond acceptors (Lipinski definition) is 3. The molecule has 5 heteroatoms. The molecule has 1 fully saturated rings. The summed E-state index contributed by atoms with van der Waals surface area (Å²) in [6, 6.07) is 19.5. The Kier molecular flexibility index (Phi) is 4.74. The minimum absolute atomic E-state index is 0.317. The Hall–Kier alpha value is -2.24. The summed E-state index contributed by atoms with van der Waals surface area (Å²) in [5.74, 6) is 0.537. The number of pyridine rings is 1. The third-order valence-electron chi connectivity index (χ3n) is 5.15. The number of rotatable bonds is 4. The second-order valence-electron chi connectivity index (χ2n) is 6.87. The van der Waals surface area contributed by atoms with Crippen LogP contribution in [0, 0.1) is 5.92 Å². The summed E-state index contributed by atoms with van der Waals surface area (Å²) in [7, 11) is -3.51. The molecule has 0 bridgehead atoms. The molecule has 0 spiro atoms. The summed E-state index contributed by atoms with van der Waals surface area (Å²) in [5.41, 5.74) is 1.88. The molecular weight excluding hydrogens is 344 g/mol. The number of hydrogen-bond donors (Lipinski definition) is 0. The van der Waals surface area contributed by atoms with Crippen LogP contribution in [0.25, 0.3) is 10.9 Å². The van der Waals surface area contributed by atoms with Gasteiger partial charge >= 0.3 is 0 Å². The lowest BCUT2D eigenvalue weighted by molar-refractivity contribution is 0.273. The van der Waals surface area contributed by atoms with Crippen molar-refractivity contribution in [2.24, 2.45) is 5.92 Å². The fourth-order valence-electron chi connectivity index (χ4n) is 3.72. The van der Waals surface area contributed by atoms with Crippen molar-refractivity contribution in [3.8, 4) is 0 Å². The topological polar surface area (TPSA) is 50.3 Å². The molecule has 4 nitrogen and oxygen atoms in total. The van der Waals surface area contributed by atoms with Crippen LogP contribution in [0.4, 0.5) is 0 Å². The molecule has 0 unspecified atom stereocenters. The van der Waals surface area contributed by atoms with Gasteiger partial charge in [0.25, 0.3) is 0 Å². The third kappa shape index (κ3) is 3.37. The van der Waals surface area contributed by atoms with Crippen molar-refractivity contribution in [2.75, 3.05) is 13.1 Å². The van der Waals surface area contributed by atoms with Crippen LogP contribution in [0.5, 0.6) is 0 Å². The summed E-state index contributed by atoms with van der Waals surface area (Å²) in [4.78, 5) is 4.62. The predicted molar refractivity (Wildman–Crippen MR) is 103 cm³/mol. The van der Waals surface area contributed by atoms with Gasteiger partial charge in [-0.15, -0.1) is 0 Å². The molecule has 3 aromatic rings. The molecule has 0 saturated carbocycles. The molecule has 4 rings (SSSR count). The summed E-state index contributed by atoms with van der Waals surface area (Å²) in [6.45, 7) is 1.14. The van der Waals surface area contributed by atoms with Crippen molar-refractivity contribution in [1.29, 1.82) is 0 Å². The standard InChI is InChI=1S/C21H22N2O2S/c24-26(25,20-10-4-8-19-9-5-13-22-21(19)20)23-14-11-18(12-15-23)16-17-6-2-1-3-7-17/h1-10,13,18H,11-12,14-16H2. The lowest BCUT2D eigenvalue weighted by Crippen LogP contribution is -2.39. The lowest BCUT2D eigenvalue weighted by Gasteiger charge is -2.31. The first-order valence-corrected chi connectivity index (χ1v) is 10.5. The van der Waals surface area contributed by atoms with Gasteiger partial charge in [0.2, 0.25) is 10.0 Å². The Morgan fingerprint density at radius 1 is 0.923 bits per heavy atom. The highest BCUT2D eigenvalue weighted by Crippen LogP contribution is 2.29. The van der Waals surface area contributed by atoms with Gasteiger partial charge in [-0.1, -0.05) is 48.5 Å². The Morgan fingerprint density at radius 2 is 1.65 bits per heavy atom. The number of benzene rings is 2. The van der Waals surface area contributed by atoms with Crippen LogP contribution < -0.4 is 0 Å².